The molecule has 0 N–H and O–H groups in total. The van der Waals surface area contributed by atoms with Crippen LogP contribution in [-0.2, 0) is 16.4 Å². The summed E-state index contributed by atoms with van der Waals surface area (Å²) in [5.41, 5.74) is 3.63. The van der Waals surface area contributed by atoms with E-state index in [2.05, 4.69) is 25.1 Å². The third kappa shape index (κ3) is 3.99. The molecular weight excluding hydrogens is 378 g/mol. The minimum absolute atomic E-state index is 0.287. The first-order valence-electron chi connectivity index (χ1n) is 9.79. The summed E-state index contributed by atoms with van der Waals surface area (Å²) in [4.78, 5) is 0.328. The lowest BCUT2D eigenvalue weighted by Crippen LogP contribution is -2.33. The predicted molar refractivity (Wildman–Crippen MR) is 118 cm³/mol. The average molecular weight is 404 g/mol. The molecule has 148 valence electrons. The van der Waals surface area contributed by atoms with Crippen molar-refractivity contribution in [1.82, 2.24) is 4.31 Å². The van der Waals surface area contributed by atoms with Gasteiger partial charge >= 0.3 is 0 Å². The van der Waals surface area contributed by atoms with Gasteiger partial charge in [0.25, 0.3) is 10.0 Å². The number of hydrogen-bond donors (Lipinski definition) is 0. The van der Waals surface area contributed by atoms with E-state index in [1.807, 2.05) is 67.6 Å². The standard InChI is InChI=1S/C25H25NO2S/c1-20-13-15-23(16-14-20)29(27,28)26-19-25(2,17-21-9-5-3-6-10-21)18-24(26)22-11-7-4-8-12-22/h3-16,18H,17,19H2,1-2H3. The Morgan fingerprint density at radius 3 is 2.07 bits per heavy atom. The largest absolute Gasteiger partial charge is 0.265 e. The van der Waals surface area contributed by atoms with Gasteiger partial charge in [-0.1, -0.05) is 91.4 Å². The molecule has 0 spiro atoms. The monoisotopic (exact) mass is 403 g/mol. The second-order valence-corrected chi connectivity index (χ2v) is 9.90. The Labute approximate surface area is 173 Å². The maximum Gasteiger partial charge on any atom is 0.264 e. The quantitative estimate of drug-likeness (QED) is 0.580. The number of rotatable bonds is 5. The molecule has 0 aromatic heterocycles. The van der Waals surface area contributed by atoms with Gasteiger partial charge < -0.3 is 0 Å². The first-order chi connectivity index (χ1) is 13.9. The molecule has 0 aliphatic carbocycles. The smallest absolute Gasteiger partial charge is 0.264 e. The summed E-state index contributed by atoms with van der Waals surface area (Å²) in [6.07, 6.45) is 2.91. The molecule has 0 saturated carbocycles. The predicted octanol–water partition coefficient (Wildman–Crippen LogP) is 5.29. The van der Waals surface area contributed by atoms with E-state index in [1.54, 1.807) is 16.4 Å². The van der Waals surface area contributed by atoms with Crippen LogP contribution in [0.1, 0.15) is 23.6 Å². The molecule has 3 aromatic rings. The van der Waals surface area contributed by atoms with E-state index in [0.29, 0.717) is 11.4 Å². The van der Waals surface area contributed by atoms with E-state index in [-0.39, 0.29) is 5.41 Å². The highest BCUT2D eigenvalue weighted by atomic mass is 32.2. The Kier molecular flexibility index (Phi) is 5.05. The minimum Gasteiger partial charge on any atom is -0.265 e. The molecule has 0 fully saturated rings. The van der Waals surface area contributed by atoms with Crippen LogP contribution in [0.5, 0.6) is 0 Å². The Morgan fingerprint density at radius 2 is 1.45 bits per heavy atom. The van der Waals surface area contributed by atoms with Crippen LogP contribution < -0.4 is 0 Å². The van der Waals surface area contributed by atoms with Gasteiger partial charge in [0.2, 0.25) is 0 Å². The maximum atomic E-state index is 13.6. The Bertz CT molecular complexity index is 1120. The van der Waals surface area contributed by atoms with Gasteiger partial charge in [-0.05, 0) is 36.6 Å². The minimum atomic E-state index is -3.65. The highest BCUT2D eigenvalue weighted by Crippen LogP contribution is 2.41. The molecule has 0 amide bonds. The molecule has 1 aliphatic heterocycles. The first kappa shape index (κ1) is 19.5. The Hall–Kier alpha value is -2.85. The molecule has 4 rings (SSSR count). The second-order valence-electron chi connectivity index (χ2n) is 8.04. The normalized spacial score (nSPS) is 19.2. The lowest BCUT2D eigenvalue weighted by molar-refractivity contribution is 0.378. The summed E-state index contributed by atoms with van der Waals surface area (Å²) in [6.45, 7) is 4.51. The van der Waals surface area contributed by atoms with Gasteiger partial charge in [-0.3, -0.25) is 4.31 Å². The summed E-state index contributed by atoms with van der Waals surface area (Å²) in [5, 5.41) is 0. The molecular formula is C25H25NO2S. The summed E-state index contributed by atoms with van der Waals surface area (Å²) >= 11 is 0. The second kappa shape index (κ2) is 7.53. The van der Waals surface area contributed by atoms with E-state index < -0.39 is 10.0 Å². The van der Waals surface area contributed by atoms with Crippen molar-refractivity contribution in [3.63, 3.8) is 0 Å². The molecule has 0 bridgehead atoms. The van der Waals surface area contributed by atoms with Crippen LogP contribution in [0.25, 0.3) is 5.70 Å². The third-order valence-electron chi connectivity index (χ3n) is 5.39. The van der Waals surface area contributed by atoms with Crippen molar-refractivity contribution < 1.29 is 8.42 Å². The number of hydrogen-bond acceptors (Lipinski definition) is 2. The van der Waals surface area contributed by atoms with Gasteiger partial charge in [0, 0.05) is 12.0 Å². The zero-order valence-electron chi connectivity index (χ0n) is 16.7. The number of nitrogens with zero attached hydrogens (tertiary/aromatic N) is 1. The number of aryl methyl sites for hydroxylation is 1. The third-order valence-corrected chi connectivity index (χ3v) is 7.16. The van der Waals surface area contributed by atoms with Crippen molar-refractivity contribution in [3.8, 4) is 0 Å². The van der Waals surface area contributed by atoms with Crippen LogP contribution in [0.2, 0.25) is 0 Å². The van der Waals surface area contributed by atoms with Crippen molar-refractivity contribution in [2.75, 3.05) is 6.54 Å². The fraction of sp³-hybridized carbons (Fsp3) is 0.200. The van der Waals surface area contributed by atoms with Crippen LogP contribution >= 0.6 is 0 Å². The molecule has 1 unspecified atom stereocenters. The van der Waals surface area contributed by atoms with Gasteiger partial charge in [0.1, 0.15) is 0 Å². The van der Waals surface area contributed by atoms with Crippen LogP contribution in [0.15, 0.2) is 95.9 Å². The summed E-state index contributed by atoms with van der Waals surface area (Å²) in [6, 6.07) is 27.1. The van der Waals surface area contributed by atoms with Crippen LogP contribution in [-0.4, -0.2) is 19.3 Å². The van der Waals surface area contributed by atoms with Crippen molar-refractivity contribution in [2.24, 2.45) is 5.41 Å². The van der Waals surface area contributed by atoms with Gasteiger partial charge in [0.05, 0.1) is 10.6 Å². The van der Waals surface area contributed by atoms with E-state index in [4.69, 9.17) is 0 Å². The highest BCUT2D eigenvalue weighted by molar-refractivity contribution is 7.89. The van der Waals surface area contributed by atoms with Crippen molar-refractivity contribution in [2.45, 2.75) is 25.2 Å². The maximum absolute atomic E-state index is 13.6. The Balaban J connectivity index is 1.76. The molecule has 3 aromatic carbocycles. The van der Waals surface area contributed by atoms with Gasteiger partial charge in [0.15, 0.2) is 0 Å². The van der Waals surface area contributed by atoms with Crippen molar-refractivity contribution in [1.29, 1.82) is 0 Å². The molecule has 0 saturated heterocycles. The van der Waals surface area contributed by atoms with Gasteiger partial charge in [-0.2, -0.15) is 0 Å². The van der Waals surface area contributed by atoms with E-state index in [1.165, 1.54) is 5.56 Å². The summed E-state index contributed by atoms with van der Waals surface area (Å²) in [7, 11) is -3.65. The number of benzene rings is 3. The fourth-order valence-electron chi connectivity index (χ4n) is 3.92. The molecule has 3 nitrogen and oxygen atoms in total. The van der Waals surface area contributed by atoms with Crippen LogP contribution in [0.4, 0.5) is 0 Å². The molecule has 29 heavy (non-hydrogen) atoms. The van der Waals surface area contributed by atoms with Crippen molar-refractivity contribution in [3.05, 3.63) is 108 Å². The fourth-order valence-corrected chi connectivity index (χ4v) is 5.53. The lowest BCUT2D eigenvalue weighted by atomic mass is 9.84. The van der Waals surface area contributed by atoms with Gasteiger partial charge in [-0.15, -0.1) is 0 Å². The van der Waals surface area contributed by atoms with Gasteiger partial charge in [-0.25, -0.2) is 8.42 Å². The van der Waals surface area contributed by atoms with E-state index in [9.17, 15) is 8.42 Å². The topological polar surface area (TPSA) is 37.4 Å². The number of sulfonamides is 1. The molecule has 0 radical (unpaired) electrons. The van der Waals surface area contributed by atoms with Crippen molar-refractivity contribution >= 4 is 15.7 Å². The molecule has 1 atom stereocenters. The first-order valence-corrected chi connectivity index (χ1v) is 11.2. The lowest BCUT2D eigenvalue weighted by Gasteiger charge is -2.27. The zero-order valence-corrected chi connectivity index (χ0v) is 17.6. The van der Waals surface area contributed by atoms with Crippen LogP contribution in [0, 0.1) is 12.3 Å². The summed E-state index contributed by atoms with van der Waals surface area (Å²) < 4.78 is 28.7. The highest BCUT2D eigenvalue weighted by Gasteiger charge is 2.40. The molecule has 1 heterocycles. The van der Waals surface area contributed by atoms with Crippen LogP contribution in [0.3, 0.4) is 0 Å². The molecule has 1 aliphatic rings. The Morgan fingerprint density at radius 1 is 0.862 bits per heavy atom. The van der Waals surface area contributed by atoms with E-state index in [0.717, 1.165) is 23.2 Å². The summed E-state index contributed by atoms with van der Waals surface area (Å²) in [5.74, 6) is 0. The SMILES string of the molecule is Cc1ccc(S(=O)(=O)N2CC(C)(Cc3ccccc3)C=C2c2ccccc2)cc1. The molecule has 4 heteroatoms. The van der Waals surface area contributed by atoms with E-state index >= 15 is 0 Å². The zero-order chi connectivity index (χ0) is 20.5. The average Bonchev–Trinajstić information content (AvgIpc) is 3.08.